The highest BCUT2D eigenvalue weighted by atomic mass is 32.2. The number of piperidine rings is 2. The van der Waals surface area contributed by atoms with Crippen molar-refractivity contribution in [3.8, 4) is 0 Å². The Bertz CT molecular complexity index is 925. The number of hydrogen-bond donors (Lipinski definition) is 1. The average Bonchev–Trinajstić information content (AvgIpc) is 3.46. The molecular formula is C21H29N3O4S2. The van der Waals surface area contributed by atoms with Crippen LogP contribution in [0.3, 0.4) is 0 Å². The quantitative estimate of drug-likeness (QED) is 0.699. The third kappa shape index (κ3) is 5.14. The zero-order valence-corrected chi connectivity index (χ0v) is 18.7. The molecule has 2 aromatic heterocycles. The fourth-order valence-corrected chi connectivity index (χ4v) is 6.28. The zero-order chi connectivity index (χ0) is 21.0. The van der Waals surface area contributed by atoms with Gasteiger partial charge in [-0.2, -0.15) is 4.31 Å². The molecule has 2 saturated heterocycles. The molecule has 0 aliphatic carbocycles. The lowest BCUT2D eigenvalue weighted by Crippen LogP contribution is -2.38. The molecule has 2 aromatic rings. The number of likely N-dealkylation sites (tertiary alicyclic amines) is 1. The Hall–Kier alpha value is -1.68. The summed E-state index contributed by atoms with van der Waals surface area (Å²) in [5.41, 5.74) is 0. The molecule has 2 aliphatic heterocycles. The van der Waals surface area contributed by atoms with E-state index >= 15 is 0 Å². The van der Waals surface area contributed by atoms with Crippen LogP contribution in [0.1, 0.15) is 47.5 Å². The smallest absolute Gasteiger partial charge is 0.287 e. The van der Waals surface area contributed by atoms with Crippen LogP contribution in [0, 0.1) is 5.92 Å². The van der Waals surface area contributed by atoms with Crippen molar-refractivity contribution in [2.45, 2.75) is 43.7 Å². The van der Waals surface area contributed by atoms with E-state index in [1.54, 1.807) is 11.3 Å². The number of furan rings is 1. The summed E-state index contributed by atoms with van der Waals surface area (Å²) in [4.78, 5) is 16.3. The van der Waals surface area contributed by atoms with Crippen molar-refractivity contribution in [3.05, 3.63) is 40.3 Å². The second kappa shape index (κ2) is 9.64. The molecule has 7 nitrogen and oxygen atoms in total. The van der Waals surface area contributed by atoms with Gasteiger partial charge in [0.1, 0.15) is 0 Å². The van der Waals surface area contributed by atoms with E-state index in [9.17, 15) is 13.2 Å². The maximum atomic E-state index is 12.7. The van der Waals surface area contributed by atoms with Gasteiger partial charge in [0.05, 0.1) is 0 Å². The van der Waals surface area contributed by atoms with E-state index < -0.39 is 10.0 Å². The van der Waals surface area contributed by atoms with Gasteiger partial charge in [0.15, 0.2) is 5.76 Å². The summed E-state index contributed by atoms with van der Waals surface area (Å²) in [6.45, 7) is 4.65. The van der Waals surface area contributed by atoms with Gasteiger partial charge < -0.3 is 9.73 Å². The number of thiophene rings is 1. The summed E-state index contributed by atoms with van der Waals surface area (Å²) in [7, 11) is -3.66. The summed E-state index contributed by atoms with van der Waals surface area (Å²) < 4.78 is 32.2. The minimum absolute atomic E-state index is 0.0562. The number of nitrogens with zero attached hydrogens (tertiary/aromatic N) is 2. The molecular weight excluding hydrogens is 422 g/mol. The Balaban J connectivity index is 1.25. The summed E-state index contributed by atoms with van der Waals surface area (Å²) >= 11 is 1.79. The Labute approximate surface area is 182 Å². The van der Waals surface area contributed by atoms with Crippen molar-refractivity contribution >= 4 is 27.3 Å². The molecule has 0 aromatic carbocycles. The van der Waals surface area contributed by atoms with Crippen LogP contribution in [0.15, 0.2) is 39.2 Å². The van der Waals surface area contributed by atoms with Crippen LogP contribution < -0.4 is 5.32 Å². The molecule has 30 heavy (non-hydrogen) atoms. The Morgan fingerprint density at radius 3 is 2.57 bits per heavy atom. The largest absolute Gasteiger partial charge is 0.438 e. The first kappa shape index (κ1) is 21.5. The number of amides is 1. The van der Waals surface area contributed by atoms with Gasteiger partial charge in [-0.1, -0.05) is 12.5 Å². The molecule has 164 valence electrons. The molecule has 0 saturated carbocycles. The topological polar surface area (TPSA) is 82.9 Å². The van der Waals surface area contributed by atoms with Gasteiger partial charge in [-0.15, -0.1) is 11.3 Å². The third-order valence-electron chi connectivity index (χ3n) is 5.93. The molecule has 0 atom stereocenters. The van der Waals surface area contributed by atoms with Crippen LogP contribution in [-0.4, -0.2) is 56.3 Å². The highest BCUT2D eigenvalue weighted by Crippen LogP contribution is 2.23. The summed E-state index contributed by atoms with van der Waals surface area (Å²) in [6, 6.07) is 7.10. The van der Waals surface area contributed by atoms with E-state index in [1.807, 2.05) is 0 Å². The van der Waals surface area contributed by atoms with E-state index in [4.69, 9.17) is 4.42 Å². The second-order valence-electron chi connectivity index (χ2n) is 8.09. The number of carbonyl (C=O) groups excluding carboxylic acids is 1. The normalized spacial score (nSPS) is 19.7. The summed E-state index contributed by atoms with van der Waals surface area (Å²) in [5.74, 6) is 0.136. The minimum Gasteiger partial charge on any atom is -0.438 e. The van der Waals surface area contributed by atoms with Crippen LogP contribution >= 0.6 is 11.3 Å². The number of carbonyl (C=O) groups is 1. The first-order valence-corrected chi connectivity index (χ1v) is 13.0. The number of sulfonamides is 1. The Morgan fingerprint density at radius 2 is 1.87 bits per heavy atom. The van der Waals surface area contributed by atoms with E-state index in [2.05, 4.69) is 27.7 Å². The zero-order valence-electron chi connectivity index (χ0n) is 17.1. The van der Waals surface area contributed by atoms with Crippen LogP contribution in [0.5, 0.6) is 0 Å². The molecule has 0 spiro atoms. The van der Waals surface area contributed by atoms with Gasteiger partial charge in [0.25, 0.3) is 15.9 Å². The van der Waals surface area contributed by atoms with Crippen LogP contribution in [0.25, 0.3) is 0 Å². The van der Waals surface area contributed by atoms with E-state index in [0.717, 1.165) is 51.7 Å². The van der Waals surface area contributed by atoms with Crippen molar-refractivity contribution in [1.29, 1.82) is 0 Å². The summed E-state index contributed by atoms with van der Waals surface area (Å²) in [5, 5.41) is 4.88. The van der Waals surface area contributed by atoms with Crippen molar-refractivity contribution in [2.75, 3.05) is 32.7 Å². The average molecular weight is 452 g/mol. The predicted octanol–water partition coefficient (Wildman–Crippen LogP) is 3.16. The number of rotatable bonds is 7. The van der Waals surface area contributed by atoms with E-state index in [1.165, 1.54) is 21.3 Å². The molecule has 0 bridgehead atoms. The van der Waals surface area contributed by atoms with Gasteiger partial charge in [-0.3, -0.25) is 9.69 Å². The van der Waals surface area contributed by atoms with E-state index in [0.29, 0.717) is 25.6 Å². The SMILES string of the molecule is O=C(NCC1CCN(Cc2cccs2)CC1)c1ccc(S(=O)(=O)N2CCCCC2)o1. The van der Waals surface area contributed by atoms with Gasteiger partial charge in [0, 0.05) is 31.1 Å². The van der Waals surface area contributed by atoms with Gasteiger partial charge in [0.2, 0.25) is 5.09 Å². The molecule has 9 heteroatoms. The van der Waals surface area contributed by atoms with Gasteiger partial charge in [-0.05, 0) is 68.3 Å². The van der Waals surface area contributed by atoms with E-state index in [-0.39, 0.29) is 16.8 Å². The molecule has 0 unspecified atom stereocenters. The maximum absolute atomic E-state index is 12.7. The number of nitrogens with one attached hydrogen (secondary N) is 1. The predicted molar refractivity (Wildman–Crippen MR) is 116 cm³/mol. The monoisotopic (exact) mass is 451 g/mol. The Morgan fingerprint density at radius 1 is 1.10 bits per heavy atom. The lowest BCUT2D eigenvalue weighted by atomic mass is 9.96. The van der Waals surface area contributed by atoms with Crippen LogP contribution in [0.4, 0.5) is 0 Å². The lowest BCUT2D eigenvalue weighted by Gasteiger charge is -2.31. The first-order valence-electron chi connectivity index (χ1n) is 10.7. The highest BCUT2D eigenvalue weighted by Gasteiger charge is 2.30. The third-order valence-corrected chi connectivity index (χ3v) is 8.57. The van der Waals surface area contributed by atoms with Crippen LogP contribution in [0.2, 0.25) is 0 Å². The number of hydrogen-bond acceptors (Lipinski definition) is 6. The van der Waals surface area contributed by atoms with Crippen molar-refractivity contribution in [2.24, 2.45) is 5.92 Å². The fraction of sp³-hybridized carbons (Fsp3) is 0.571. The van der Waals surface area contributed by atoms with Crippen molar-refractivity contribution < 1.29 is 17.6 Å². The van der Waals surface area contributed by atoms with Crippen LogP contribution in [-0.2, 0) is 16.6 Å². The second-order valence-corrected chi connectivity index (χ2v) is 11.0. The molecule has 1 amide bonds. The molecule has 1 N–H and O–H groups in total. The van der Waals surface area contributed by atoms with Crippen molar-refractivity contribution in [3.63, 3.8) is 0 Å². The first-order chi connectivity index (χ1) is 14.5. The van der Waals surface area contributed by atoms with Gasteiger partial charge >= 0.3 is 0 Å². The van der Waals surface area contributed by atoms with Crippen molar-refractivity contribution in [1.82, 2.24) is 14.5 Å². The minimum atomic E-state index is -3.66. The van der Waals surface area contributed by atoms with Gasteiger partial charge in [-0.25, -0.2) is 8.42 Å². The molecule has 2 aliphatic rings. The molecule has 4 heterocycles. The lowest BCUT2D eigenvalue weighted by molar-refractivity contribution is 0.0902. The Kier molecular flexibility index (Phi) is 6.92. The maximum Gasteiger partial charge on any atom is 0.287 e. The molecule has 0 radical (unpaired) electrons. The molecule has 2 fully saturated rings. The standard InChI is InChI=1S/C21H29N3O4S2/c25-21(19-6-7-20(28-19)30(26,27)24-10-2-1-3-11-24)22-15-17-8-12-23(13-9-17)16-18-5-4-14-29-18/h4-7,14,17H,1-3,8-13,15-16H2,(H,22,25). The highest BCUT2D eigenvalue weighted by molar-refractivity contribution is 7.89. The molecule has 4 rings (SSSR count). The fourth-order valence-electron chi connectivity index (χ4n) is 4.11. The summed E-state index contributed by atoms with van der Waals surface area (Å²) in [6.07, 6.45) is 4.85.